The van der Waals surface area contributed by atoms with E-state index in [9.17, 15) is 4.79 Å². The highest BCUT2D eigenvalue weighted by Gasteiger charge is 2.18. The molecule has 0 amide bonds. The smallest absolute Gasteiger partial charge is 0.278 e. The largest absolute Gasteiger partial charge is 0.496 e. The van der Waals surface area contributed by atoms with E-state index in [4.69, 9.17) is 4.74 Å². The van der Waals surface area contributed by atoms with E-state index in [1.807, 2.05) is 13.8 Å². The van der Waals surface area contributed by atoms with Crippen molar-refractivity contribution in [1.29, 1.82) is 0 Å². The first-order valence-corrected chi connectivity index (χ1v) is 8.72. The summed E-state index contributed by atoms with van der Waals surface area (Å²) in [4.78, 5) is 12.8. The third kappa shape index (κ3) is 3.83. The van der Waals surface area contributed by atoms with Crippen LogP contribution in [0.25, 0.3) is 0 Å². The molecule has 2 rings (SSSR count). The fourth-order valence-electron chi connectivity index (χ4n) is 2.71. The third-order valence-corrected chi connectivity index (χ3v) is 4.68. The first-order chi connectivity index (χ1) is 11.0. The Bertz CT molecular complexity index is 707. The molecule has 0 saturated carbocycles. The van der Waals surface area contributed by atoms with E-state index in [1.54, 1.807) is 25.3 Å². The normalized spacial score (nSPS) is 10.8. The van der Waals surface area contributed by atoms with Gasteiger partial charge >= 0.3 is 0 Å². The monoisotopic (exact) mass is 378 g/mol. The average Bonchev–Trinajstić information content (AvgIpc) is 2.82. The Balaban J connectivity index is 2.29. The van der Waals surface area contributed by atoms with Gasteiger partial charge in [0.25, 0.3) is 5.91 Å². The van der Waals surface area contributed by atoms with Crippen molar-refractivity contribution in [3.8, 4) is 5.75 Å². The van der Waals surface area contributed by atoms with E-state index < -0.39 is 0 Å². The van der Waals surface area contributed by atoms with Crippen LogP contribution in [0, 0.1) is 13.8 Å². The van der Waals surface area contributed by atoms with E-state index in [0.29, 0.717) is 11.3 Å². The topological polar surface area (TPSA) is 44.1 Å². The van der Waals surface area contributed by atoms with E-state index in [-0.39, 0.29) is 5.91 Å². The zero-order chi connectivity index (χ0) is 17.0. The van der Waals surface area contributed by atoms with Gasteiger partial charge in [0.05, 0.1) is 17.3 Å². The molecule has 1 aromatic heterocycles. The number of aromatic nitrogens is 2. The summed E-state index contributed by atoms with van der Waals surface area (Å²) in [5.74, 6) is 0.589. The minimum atomic E-state index is -0.115. The number of hydrogen-bond donors (Lipinski definition) is 0. The maximum Gasteiger partial charge on any atom is 0.278 e. The number of nitrogens with zero attached hydrogens (tertiary/aromatic N) is 2. The summed E-state index contributed by atoms with van der Waals surface area (Å²) < 4.78 is 7.49. The van der Waals surface area contributed by atoms with Gasteiger partial charge in [-0.2, -0.15) is 5.10 Å². The van der Waals surface area contributed by atoms with Crippen molar-refractivity contribution in [3.05, 3.63) is 45.2 Å². The maximum absolute atomic E-state index is 12.8. The molecular formula is C18H23BrN2O2. The van der Waals surface area contributed by atoms with Gasteiger partial charge < -0.3 is 4.74 Å². The van der Waals surface area contributed by atoms with Crippen molar-refractivity contribution in [1.82, 2.24) is 9.78 Å². The summed E-state index contributed by atoms with van der Waals surface area (Å²) in [5.41, 5.74) is 3.66. The first kappa shape index (κ1) is 17.7. The van der Waals surface area contributed by atoms with Crippen LogP contribution in [0.5, 0.6) is 5.75 Å². The van der Waals surface area contributed by atoms with Gasteiger partial charge in [0, 0.05) is 11.3 Å². The van der Waals surface area contributed by atoms with Gasteiger partial charge in [-0.15, -0.1) is 0 Å². The lowest BCUT2D eigenvalue weighted by atomic mass is 10.1. The second-order valence-electron chi connectivity index (χ2n) is 5.67. The average molecular weight is 379 g/mol. The van der Waals surface area contributed by atoms with Crippen LogP contribution in [-0.2, 0) is 6.42 Å². The van der Waals surface area contributed by atoms with Gasteiger partial charge in [-0.1, -0.05) is 19.8 Å². The van der Waals surface area contributed by atoms with Crippen LogP contribution in [0.2, 0.25) is 0 Å². The molecule has 5 heteroatoms. The molecule has 0 saturated heterocycles. The van der Waals surface area contributed by atoms with Crippen molar-refractivity contribution in [2.24, 2.45) is 0 Å². The molecule has 0 aliphatic rings. The number of ether oxygens (including phenoxy) is 1. The number of methoxy groups -OCH3 is 1. The molecule has 1 heterocycles. The fourth-order valence-corrected chi connectivity index (χ4v) is 3.25. The van der Waals surface area contributed by atoms with Crippen molar-refractivity contribution in [2.45, 2.75) is 46.5 Å². The second-order valence-corrected chi connectivity index (χ2v) is 6.53. The zero-order valence-corrected chi connectivity index (χ0v) is 15.7. The second kappa shape index (κ2) is 7.77. The number of halogens is 1. The number of carbonyl (C=O) groups is 1. The van der Waals surface area contributed by atoms with Gasteiger partial charge in [-0.25, -0.2) is 4.68 Å². The molecule has 0 radical (unpaired) electrons. The van der Waals surface area contributed by atoms with Crippen LogP contribution < -0.4 is 4.74 Å². The highest BCUT2D eigenvalue weighted by atomic mass is 79.9. The van der Waals surface area contributed by atoms with Crippen LogP contribution in [-0.4, -0.2) is 22.8 Å². The Morgan fingerprint density at radius 1 is 1.30 bits per heavy atom. The van der Waals surface area contributed by atoms with Gasteiger partial charge in [-0.05, 0) is 66.4 Å². The van der Waals surface area contributed by atoms with E-state index in [2.05, 4.69) is 28.0 Å². The lowest BCUT2D eigenvalue weighted by molar-refractivity contribution is 0.0942. The summed E-state index contributed by atoms with van der Waals surface area (Å²) in [6.07, 6.45) is 4.49. The lowest BCUT2D eigenvalue weighted by Crippen LogP contribution is -2.15. The van der Waals surface area contributed by atoms with Gasteiger partial charge in [0.2, 0.25) is 0 Å². The molecule has 0 aliphatic heterocycles. The van der Waals surface area contributed by atoms with E-state index in [1.165, 1.54) is 23.1 Å². The third-order valence-electron chi connectivity index (χ3n) is 4.06. The van der Waals surface area contributed by atoms with Gasteiger partial charge in [0.1, 0.15) is 5.75 Å². The SMILES string of the molecule is CCCCCc1c(C)nn(C(=O)c2ccc(OC)c(Br)c2)c1C. The zero-order valence-electron chi connectivity index (χ0n) is 14.1. The number of rotatable bonds is 6. The Hall–Kier alpha value is -1.62. The standard InChI is InChI=1S/C18H23BrN2O2/c1-5-6-7-8-15-12(2)20-21(13(15)3)18(22)14-9-10-17(23-4)16(19)11-14/h9-11H,5-8H2,1-4H3. The molecule has 1 aromatic carbocycles. The van der Waals surface area contributed by atoms with Crippen LogP contribution in [0.1, 0.15) is 53.5 Å². The summed E-state index contributed by atoms with van der Waals surface area (Å²) >= 11 is 3.42. The highest BCUT2D eigenvalue weighted by molar-refractivity contribution is 9.10. The van der Waals surface area contributed by atoms with E-state index >= 15 is 0 Å². The summed E-state index contributed by atoms with van der Waals surface area (Å²) in [5, 5.41) is 4.46. The molecule has 0 fully saturated rings. The van der Waals surface area contributed by atoms with Crippen LogP contribution in [0.4, 0.5) is 0 Å². The summed E-state index contributed by atoms with van der Waals surface area (Å²) in [6, 6.07) is 5.32. The molecule has 2 aromatic rings. The van der Waals surface area contributed by atoms with E-state index in [0.717, 1.165) is 28.7 Å². The highest BCUT2D eigenvalue weighted by Crippen LogP contribution is 2.26. The first-order valence-electron chi connectivity index (χ1n) is 7.92. The molecule has 0 unspecified atom stereocenters. The molecule has 4 nitrogen and oxygen atoms in total. The van der Waals surface area contributed by atoms with Crippen molar-refractivity contribution in [2.75, 3.05) is 7.11 Å². The molecule has 124 valence electrons. The van der Waals surface area contributed by atoms with Gasteiger partial charge in [0.15, 0.2) is 0 Å². The van der Waals surface area contributed by atoms with Crippen molar-refractivity contribution >= 4 is 21.8 Å². The summed E-state index contributed by atoms with van der Waals surface area (Å²) in [7, 11) is 1.60. The molecule has 23 heavy (non-hydrogen) atoms. The molecule has 0 spiro atoms. The molecule has 0 atom stereocenters. The fraction of sp³-hybridized carbons (Fsp3) is 0.444. The Kier molecular flexibility index (Phi) is 5.99. The number of carbonyl (C=O) groups excluding carboxylic acids is 1. The predicted octanol–water partition coefficient (Wildman–Crippen LogP) is 4.69. The Labute approximate surface area is 146 Å². The van der Waals surface area contributed by atoms with Crippen molar-refractivity contribution < 1.29 is 9.53 Å². The molecule has 0 aliphatic carbocycles. The Morgan fingerprint density at radius 3 is 2.65 bits per heavy atom. The van der Waals surface area contributed by atoms with Gasteiger partial charge in [-0.3, -0.25) is 4.79 Å². The number of unbranched alkanes of at least 4 members (excludes halogenated alkanes) is 2. The molecule has 0 bridgehead atoms. The molecular weight excluding hydrogens is 356 g/mol. The number of aryl methyl sites for hydroxylation is 1. The number of benzene rings is 1. The number of hydrogen-bond acceptors (Lipinski definition) is 3. The van der Waals surface area contributed by atoms with Crippen LogP contribution in [0.15, 0.2) is 22.7 Å². The Morgan fingerprint density at radius 2 is 2.04 bits per heavy atom. The quantitative estimate of drug-likeness (QED) is 0.684. The van der Waals surface area contributed by atoms with Crippen molar-refractivity contribution in [3.63, 3.8) is 0 Å². The van der Waals surface area contributed by atoms with Crippen LogP contribution >= 0.6 is 15.9 Å². The predicted molar refractivity (Wildman–Crippen MR) is 95.4 cm³/mol. The molecule has 0 N–H and O–H groups in total. The maximum atomic E-state index is 12.8. The minimum Gasteiger partial charge on any atom is -0.496 e. The van der Waals surface area contributed by atoms with Crippen LogP contribution in [0.3, 0.4) is 0 Å². The minimum absolute atomic E-state index is 0.115. The lowest BCUT2D eigenvalue weighted by Gasteiger charge is -2.07. The summed E-state index contributed by atoms with van der Waals surface area (Å²) in [6.45, 7) is 6.13.